The summed E-state index contributed by atoms with van der Waals surface area (Å²) in [5.74, 6) is -0.387. The van der Waals surface area contributed by atoms with Crippen molar-refractivity contribution in [2.45, 2.75) is 0 Å². The van der Waals surface area contributed by atoms with Crippen LogP contribution in [0.5, 0.6) is 0 Å². The van der Waals surface area contributed by atoms with E-state index in [0.29, 0.717) is 27.4 Å². The Labute approximate surface area is 161 Å². The highest BCUT2D eigenvalue weighted by Gasteiger charge is 2.15. The van der Waals surface area contributed by atoms with E-state index in [-0.39, 0.29) is 11.6 Å². The molecule has 0 fully saturated rings. The van der Waals surface area contributed by atoms with Crippen LogP contribution in [-0.4, -0.2) is 10.8 Å². The number of halogens is 1. The molecule has 0 saturated heterocycles. The topological polar surface area (TPSA) is 72.2 Å². The number of nitrogens with zero attached hydrogens (tertiary/aromatic N) is 1. The van der Waals surface area contributed by atoms with E-state index in [0.717, 1.165) is 0 Å². The maximum Gasteiger partial charge on any atom is 0.271 e. The molecule has 0 saturated carbocycles. The lowest BCUT2D eigenvalue weighted by Crippen LogP contribution is -2.13. The Bertz CT molecular complexity index is 1020. The second kappa shape index (κ2) is 8.29. The van der Waals surface area contributed by atoms with Gasteiger partial charge in [0.2, 0.25) is 0 Å². The van der Waals surface area contributed by atoms with E-state index in [9.17, 15) is 14.9 Å². The molecule has 0 spiro atoms. The number of amides is 1. The van der Waals surface area contributed by atoms with Gasteiger partial charge in [-0.05, 0) is 29.3 Å². The van der Waals surface area contributed by atoms with Crippen LogP contribution in [0.3, 0.4) is 0 Å². The molecule has 0 atom stereocenters. The van der Waals surface area contributed by atoms with Crippen LogP contribution in [0, 0.1) is 10.1 Å². The second-order valence-electron chi connectivity index (χ2n) is 5.71. The van der Waals surface area contributed by atoms with Gasteiger partial charge in [-0.3, -0.25) is 14.9 Å². The van der Waals surface area contributed by atoms with Crippen molar-refractivity contribution in [2.75, 3.05) is 5.32 Å². The average molecular weight is 379 g/mol. The van der Waals surface area contributed by atoms with Gasteiger partial charge in [0.1, 0.15) is 0 Å². The van der Waals surface area contributed by atoms with Crippen molar-refractivity contribution < 1.29 is 9.72 Å². The molecule has 3 aromatic rings. The standard InChI is InChI=1S/C21H15ClN2O3/c22-20-12-5-4-9-16(20)13-19(15-7-2-1-3-8-15)21(25)23-17-10-6-11-18(14-17)24(26)27/h1-14H,(H,23,25). The van der Waals surface area contributed by atoms with Crippen molar-refractivity contribution in [2.24, 2.45) is 0 Å². The third-order valence-electron chi connectivity index (χ3n) is 3.85. The average Bonchev–Trinajstić information content (AvgIpc) is 2.68. The van der Waals surface area contributed by atoms with E-state index in [2.05, 4.69) is 5.32 Å². The first-order valence-electron chi connectivity index (χ1n) is 8.12. The second-order valence-corrected chi connectivity index (χ2v) is 6.11. The zero-order valence-electron chi connectivity index (χ0n) is 14.1. The summed E-state index contributed by atoms with van der Waals surface area (Å²) >= 11 is 6.23. The smallest absolute Gasteiger partial charge is 0.271 e. The SMILES string of the molecule is O=C(Nc1cccc([N+](=O)[O-])c1)C(=Cc1ccccc1Cl)c1ccccc1. The number of nitrogens with one attached hydrogen (secondary N) is 1. The molecular formula is C21H15ClN2O3. The first kappa shape index (κ1) is 18.4. The van der Waals surface area contributed by atoms with E-state index < -0.39 is 4.92 Å². The van der Waals surface area contributed by atoms with E-state index in [1.165, 1.54) is 18.2 Å². The summed E-state index contributed by atoms with van der Waals surface area (Å²) in [6, 6.07) is 22.2. The van der Waals surface area contributed by atoms with Gasteiger partial charge < -0.3 is 5.32 Å². The van der Waals surface area contributed by atoms with Crippen molar-refractivity contribution in [1.82, 2.24) is 0 Å². The van der Waals surface area contributed by atoms with Crippen LogP contribution in [0.1, 0.15) is 11.1 Å². The Balaban J connectivity index is 1.98. The van der Waals surface area contributed by atoms with Crippen LogP contribution in [0.2, 0.25) is 5.02 Å². The van der Waals surface area contributed by atoms with Gasteiger partial charge in [-0.1, -0.05) is 66.2 Å². The van der Waals surface area contributed by atoms with Crippen molar-refractivity contribution in [3.8, 4) is 0 Å². The number of anilines is 1. The van der Waals surface area contributed by atoms with Crippen LogP contribution in [0.4, 0.5) is 11.4 Å². The monoisotopic (exact) mass is 378 g/mol. The number of hydrogen-bond donors (Lipinski definition) is 1. The molecule has 0 unspecified atom stereocenters. The lowest BCUT2D eigenvalue weighted by Gasteiger charge is -2.10. The molecule has 1 N–H and O–H groups in total. The summed E-state index contributed by atoms with van der Waals surface area (Å²) in [6.07, 6.45) is 1.70. The third kappa shape index (κ3) is 4.59. The van der Waals surface area contributed by atoms with Crippen LogP contribution < -0.4 is 5.32 Å². The largest absolute Gasteiger partial charge is 0.322 e. The van der Waals surface area contributed by atoms with Crippen LogP contribution in [-0.2, 0) is 4.79 Å². The van der Waals surface area contributed by atoms with E-state index in [4.69, 9.17) is 11.6 Å². The summed E-state index contributed by atoms with van der Waals surface area (Å²) < 4.78 is 0. The van der Waals surface area contributed by atoms with Gasteiger partial charge in [-0.25, -0.2) is 0 Å². The molecule has 0 heterocycles. The maximum atomic E-state index is 12.9. The number of nitro groups is 1. The predicted molar refractivity (Wildman–Crippen MR) is 107 cm³/mol. The summed E-state index contributed by atoms with van der Waals surface area (Å²) in [4.78, 5) is 23.4. The highest BCUT2D eigenvalue weighted by Crippen LogP contribution is 2.25. The Morgan fingerprint density at radius 3 is 2.37 bits per heavy atom. The minimum absolute atomic E-state index is 0.0934. The fourth-order valence-corrected chi connectivity index (χ4v) is 2.73. The van der Waals surface area contributed by atoms with Crippen LogP contribution in [0.15, 0.2) is 78.9 Å². The number of hydrogen-bond acceptors (Lipinski definition) is 3. The van der Waals surface area contributed by atoms with Crippen molar-refractivity contribution in [3.05, 3.63) is 105 Å². The third-order valence-corrected chi connectivity index (χ3v) is 4.19. The van der Waals surface area contributed by atoms with Crippen LogP contribution in [0.25, 0.3) is 11.6 Å². The van der Waals surface area contributed by atoms with Crippen LogP contribution >= 0.6 is 11.6 Å². The Morgan fingerprint density at radius 1 is 0.963 bits per heavy atom. The molecular weight excluding hydrogens is 364 g/mol. The molecule has 0 aliphatic rings. The minimum Gasteiger partial charge on any atom is -0.322 e. The molecule has 3 aromatic carbocycles. The fourth-order valence-electron chi connectivity index (χ4n) is 2.54. The van der Waals surface area contributed by atoms with E-state index in [1.54, 1.807) is 18.2 Å². The molecule has 0 aliphatic carbocycles. The highest BCUT2D eigenvalue weighted by atomic mass is 35.5. The fraction of sp³-hybridized carbons (Fsp3) is 0. The number of benzene rings is 3. The maximum absolute atomic E-state index is 12.9. The normalized spacial score (nSPS) is 11.1. The molecule has 6 heteroatoms. The number of nitro benzene ring substituents is 1. The van der Waals surface area contributed by atoms with Gasteiger partial charge in [0, 0.05) is 28.4 Å². The van der Waals surface area contributed by atoms with E-state index >= 15 is 0 Å². The van der Waals surface area contributed by atoms with Gasteiger partial charge in [-0.2, -0.15) is 0 Å². The van der Waals surface area contributed by atoms with Crippen molar-refractivity contribution in [1.29, 1.82) is 0 Å². The van der Waals surface area contributed by atoms with Gasteiger partial charge in [-0.15, -0.1) is 0 Å². The highest BCUT2D eigenvalue weighted by molar-refractivity contribution is 6.34. The first-order valence-corrected chi connectivity index (χ1v) is 8.50. The number of carbonyl (C=O) groups excluding carboxylic acids is 1. The molecule has 0 aromatic heterocycles. The Kier molecular flexibility index (Phi) is 5.64. The van der Waals surface area contributed by atoms with E-state index in [1.807, 2.05) is 48.5 Å². The predicted octanol–water partition coefficient (Wildman–Crippen LogP) is 5.43. The number of rotatable bonds is 5. The molecule has 3 rings (SSSR count). The lowest BCUT2D eigenvalue weighted by atomic mass is 10.0. The van der Waals surface area contributed by atoms with Gasteiger partial charge in [0.05, 0.1) is 4.92 Å². The number of non-ortho nitro benzene ring substituents is 1. The quantitative estimate of drug-likeness (QED) is 0.278. The minimum atomic E-state index is -0.507. The molecule has 1 amide bonds. The lowest BCUT2D eigenvalue weighted by molar-refractivity contribution is -0.384. The molecule has 27 heavy (non-hydrogen) atoms. The first-order chi connectivity index (χ1) is 13.0. The van der Waals surface area contributed by atoms with Gasteiger partial charge >= 0.3 is 0 Å². The molecule has 0 aliphatic heterocycles. The molecule has 5 nitrogen and oxygen atoms in total. The van der Waals surface area contributed by atoms with Crippen molar-refractivity contribution in [3.63, 3.8) is 0 Å². The van der Waals surface area contributed by atoms with Crippen molar-refractivity contribution >= 4 is 40.5 Å². The summed E-state index contributed by atoms with van der Waals surface area (Å²) in [5.41, 5.74) is 2.06. The number of carbonyl (C=O) groups is 1. The zero-order valence-corrected chi connectivity index (χ0v) is 14.9. The molecule has 0 radical (unpaired) electrons. The summed E-state index contributed by atoms with van der Waals surface area (Å²) in [6.45, 7) is 0. The summed E-state index contributed by atoms with van der Waals surface area (Å²) in [5, 5.41) is 14.2. The summed E-state index contributed by atoms with van der Waals surface area (Å²) in [7, 11) is 0. The molecule has 0 bridgehead atoms. The van der Waals surface area contributed by atoms with Gasteiger partial charge in [0.15, 0.2) is 0 Å². The Morgan fingerprint density at radius 2 is 1.67 bits per heavy atom. The van der Waals surface area contributed by atoms with Gasteiger partial charge in [0.25, 0.3) is 11.6 Å². The Hall–Kier alpha value is -3.44. The molecule has 134 valence electrons. The zero-order chi connectivity index (χ0) is 19.2.